The van der Waals surface area contributed by atoms with Crippen LogP contribution in [0.1, 0.15) is 31.2 Å². The normalized spacial score (nSPS) is 29.4. The minimum atomic E-state index is -0.0893. The highest BCUT2D eigenvalue weighted by molar-refractivity contribution is 5.81. The van der Waals surface area contributed by atoms with Crippen LogP contribution in [0.3, 0.4) is 0 Å². The zero-order valence-electron chi connectivity index (χ0n) is 14.9. The number of rotatable bonds is 4. The van der Waals surface area contributed by atoms with Gasteiger partial charge in [-0.15, -0.1) is 0 Å². The van der Waals surface area contributed by atoms with Crippen LogP contribution in [0, 0.1) is 5.82 Å². The minimum Gasteiger partial charge on any atom is -0.353 e. The van der Waals surface area contributed by atoms with Crippen molar-refractivity contribution in [2.75, 3.05) is 32.7 Å². The fraction of sp³-hybridized carbons (Fsp3) is 0.550. The molecule has 134 valence electrons. The van der Waals surface area contributed by atoms with Crippen LogP contribution < -0.4 is 5.32 Å². The fourth-order valence-electron chi connectivity index (χ4n) is 4.05. The van der Waals surface area contributed by atoms with Gasteiger partial charge in [-0.25, -0.2) is 4.39 Å². The van der Waals surface area contributed by atoms with Crippen molar-refractivity contribution >= 4 is 5.96 Å². The van der Waals surface area contributed by atoms with Crippen LogP contribution in [0.4, 0.5) is 4.39 Å². The monoisotopic (exact) mass is 342 g/mol. The van der Waals surface area contributed by atoms with E-state index in [1.807, 2.05) is 12.1 Å². The fourth-order valence-corrected chi connectivity index (χ4v) is 4.05. The lowest BCUT2D eigenvalue weighted by Crippen LogP contribution is -2.44. The summed E-state index contributed by atoms with van der Waals surface area (Å²) in [5.41, 5.74) is 0.832. The zero-order valence-corrected chi connectivity index (χ0v) is 14.9. The molecule has 2 aliphatic heterocycles. The lowest BCUT2D eigenvalue weighted by molar-refractivity contribution is 0.259. The first kappa shape index (κ1) is 16.6. The van der Waals surface area contributed by atoms with Crippen LogP contribution in [-0.2, 0) is 0 Å². The second-order valence-electron chi connectivity index (χ2n) is 7.23. The van der Waals surface area contributed by atoms with Crippen LogP contribution >= 0.6 is 0 Å². The van der Waals surface area contributed by atoms with Gasteiger partial charge in [0, 0.05) is 50.7 Å². The van der Waals surface area contributed by atoms with Crippen molar-refractivity contribution in [3.63, 3.8) is 0 Å². The molecular weight excluding hydrogens is 315 g/mol. The Bertz CT molecular complexity index is 663. The second kappa shape index (κ2) is 7.16. The van der Waals surface area contributed by atoms with E-state index in [0.29, 0.717) is 12.1 Å². The third-order valence-electron chi connectivity index (χ3n) is 5.54. The molecule has 5 heteroatoms. The summed E-state index contributed by atoms with van der Waals surface area (Å²) < 4.78 is 14.0. The standard InChI is InChI=1S/C20H27FN4/c1-2-22-20(25-12-9-15(14-25)24-10-5-6-11-24)23-19-13-17(19)16-7-3-4-8-18(16)21/h3-8,15,17,19H,2,9-14H2,1H3,(H,22,23). The van der Waals surface area contributed by atoms with E-state index in [9.17, 15) is 4.39 Å². The summed E-state index contributed by atoms with van der Waals surface area (Å²) in [5.74, 6) is 1.18. The maximum Gasteiger partial charge on any atom is 0.194 e. The number of hydrogen-bond donors (Lipinski definition) is 1. The van der Waals surface area contributed by atoms with Gasteiger partial charge in [0.25, 0.3) is 0 Å². The van der Waals surface area contributed by atoms with E-state index < -0.39 is 0 Å². The molecular formula is C20H27FN4. The van der Waals surface area contributed by atoms with Crippen molar-refractivity contribution in [2.24, 2.45) is 4.99 Å². The first-order chi connectivity index (χ1) is 12.3. The summed E-state index contributed by atoms with van der Waals surface area (Å²) in [7, 11) is 0. The van der Waals surface area contributed by atoms with E-state index in [0.717, 1.165) is 50.7 Å². The molecule has 1 N–H and O–H groups in total. The topological polar surface area (TPSA) is 30.9 Å². The van der Waals surface area contributed by atoms with Gasteiger partial charge in [0.2, 0.25) is 0 Å². The van der Waals surface area contributed by atoms with Crippen LogP contribution in [0.2, 0.25) is 0 Å². The number of halogens is 1. The van der Waals surface area contributed by atoms with E-state index in [1.54, 1.807) is 12.1 Å². The van der Waals surface area contributed by atoms with E-state index in [-0.39, 0.29) is 11.7 Å². The smallest absolute Gasteiger partial charge is 0.194 e. The molecule has 25 heavy (non-hydrogen) atoms. The number of likely N-dealkylation sites (tertiary alicyclic amines) is 1. The van der Waals surface area contributed by atoms with Crippen LogP contribution in [-0.4, -0.2) is 60.6 Å². The van der Waals surface area contributed by atoms with Crippen molar-refractivity contribution in [1.82, 2.24) is 15.1 Å². The quantitative estimate of drug-likeness (QED) is 0.518. The highest BCUT2D eigenvalue weighted by Gasteiger charge is 2.41. The summed E-state index contributed by atoms with van der Waals surface area (Å²) >= 11 is 0. The number of nitrogens with one attached hydrogen (secondary N) is 1. The van der Waals surface area contributed by atoms with Gasteiger partial charge < -0.3 is 10.2 Å². The molecule has 3 atom stereocenters. The third kappa shape index (κ3) is 3.56. The number of aliphatic imine (C=N–C) groups is 1. The van der Waals surface area contributed by atoms with Gasteiger partial charge in [-0.05, 0) is 31.4 Å². The van der Waals surface area contributed by atoms with E-state index in [2.05, 4.69) is 34.2 Å². The number of nitrogens with zero attached hydrogens (tertiary/aromatic N) is 3. The van der Waals surface area contributed by atoms with Crippen molar-refractivity contribution in [3.8, 4) is 0 Å². The Morgan fingerprint density at radius 3 is 2.84 bits per heavy atom. The Kier molecular flexibility index (Phi) is 4.75. The summed E-state index contributed by atoms with van der Waals surface area (Å²) in [6.07, 6.45) is 6.68. The van der Waals surface area contributed by atoms with Gasteiger partial charge in [0.05, 0.1) is 0 Å². The summed E-state index contributed by atoms with van der Waals surface area (Å²) in [6.45, 7) is 7.07. The number of hydrogen-bond acceptors (Lipinski definition) is 2. The minimum absolute atomic E-state index is 0.0893. The van der Waals surface area contributed by atoms with Crippen LogP contribution in [0.5, 0.6) is 0 Å². The molecule has 1 aromatic rings. The molecule has 2 heterocycles. The molecule has 0 aromatic heterocycles. The molecule has 1 aromatic carbocycles. The van der Waals surface area contributed by atoms with Crippen molar-refractivity contribution < 1.29 is 4.39 Å². The highest BCUT2D eigenvalue weighted by atomic mass is 19.1. The lowest BCUT2D eigenvalue weighted by atomic mass is 10.1. The average molecular weight is 342 g/mol. The second-order valence-corrected chi connectivity index (χ2v) is 7.23. The molecule has 1 saturated carbocycles. The van der Waals surface area contributed by atoms with Crippen LogP contribution in [0.15, 0.2) is 41.4 Å². The van der Waals surface area contributed by atoms with Crippen LogP contribution in [0.25, 0.3) is 0 Å². The van der Waals surface area contributed by atoms with Crippen molar-refractivity contribution in [3.05, 3.63) is 47.8 Å². The molecule has 1 saturated heterocycles. The Hall–Kier alpha value is -1.88. The van der Waals surface area contributed by atoms with Crippen molar-refractivity contribution in [2.45, 2.75) is 37.8 Å². The van der Waals surface area contributed by atoms with Gasteiger partial charge in [-0.3, -0.25) is 9.89 Å². The Morgan fingerprint density at radius 2 is 2.08 bits per heavy atom. The van der Waals surface area contributed by atoms with Gasteiger partial charge >= 0.3 is 0 Å². The number of benzene rings is 1. The largest absolute Gasteiger partial charge is 0.353 e. The number of guanidine groups is 1. The van der Waals surface area contributed by atoms with E-state index in [4.69, 9.17) is 4.99 Å². The van der Waals surface area contributed by atoms with Gasteiger partial charge in [-0.2, -0.15) is 0 Å². The zero-order chi connectivity index (χ0) is 17.2. The first-order valence-electron chi connectivity index (χ1n) is 9.45. The van der Waals surface area contributed by atoms with E-state index in [1.165, 1.54) is 6.42 Å². The van der Waals surface area contributed by atoms with Crippen molar-refractivity contribution in [1.29, 1.82) is 0 Å². The summed E-state index contributed by atoms with van der Waals surface area (Å²) in [6, 6.07) is 8.05. The molecule has 4 nitrogen and oxygen atoms in total. The molecule has 0 bridgehead atoms. The molecule has 1 aliphatic carbocycles. The molecule has 3 unspecified atom stereocenters. The first-order valence-corrected chi connectivity index (χ1v) is 9.45. The Balaban J connectivity index is 1.37. The summed E-state index contributed by atoms with van der Waals surface area (Å²) in [4.78, 5) is 9.61. The predicted molar refractivity (Wildman–Crippen MR) is 99.3 cm³/mol. The SMILES string of the molecule is CCN=C(NC1CC1c1ccccc1F)N1CCC(N2CC=CC2)C1. The maximum atomic E-state index is 14.0. The Labute approximate surface area is 149 Å². The predicted octanol–water partition coefficient (Wildman–Crippen LogP) is 2.59. The average Bonchev–Trinajstić information content (AvgIpc) is 3.05. The summed E-state index contributed by atoms with van der Waals surface area (Å²) in [5, 5.41) is 3.60. The molecule has 0 amide bonds. The Morgan fingerprint density at radius 1 is 1.28 bits per heavy atom. The third-order valence-corrected chi connectivity index (χ3v) is 5.54. The maximum absolute atomic E-state index is 14.0. The molecule has 3 aliphatic rings. The highest BCUT2D eigenvalue weighted by Crippen LogP contribution is 2.42. The molecule has 0 spiro atoms. The van der Waals surface area contributed by atoms with Gasteiger partial charge in [0.1, 0.15) is 5.82 Å². The van der Waals surface area contributed by atoms with Gasteiger partial charge in [0.15, 0.2) is 5.96 Å². The van der Waals surface area contributed by atoms with E-state index >= 15 is 0 Å². The van der Waals surface area contributed by atoms with Gasteiger partial charge in [-0.1, -0.05) is 30.4 Å². The lowest BCUT2D eigenvalue weighted by Gasteiger charge is -2.25. The molecule has 0 radical (unpaired) electrons. The molecule has 2 fully saturated rings. The molecule has 4 rings (SSSR count).